The second-order valence-electron chi connectivity index (χ2n) is 7.71. The lowest BCUT2D eigenvalue weighted by Gasteiger charge is -2.36. The maximum atomic E-state index is 12.9. The van der Waals surface area contributed by atoms with Crippen molar-refractivity contribution in [3.63, 3.8) is 0 Å². The number of hydrogen-bond donors (Lipinski definition) is 2. The van der Waals surface area contributed by atoms with Gasteiger partial charge < -0.3 is 9.47 Å². The van der Waals surface area contributed by atoms with Gasteiger partial charge >= 0.3 is 0 Å². The standard InChI is InChI=1S/C21H25BrN4O3/c1-13(2)8-19(27)26-11-15-7-5-4-6-14(15)9-18(26)21(29)24-23-20(28)17-10-16(22)12-25(17)3/h4-7,10,12-13,18H,8-9,11H2,1-3H3,(H,23,28)(H,24,29). The van der Waals surface area contributed by atoms with Crippen LogP contribution in [0.25, 0.3) is 0 Å². The normalized spacial score (nSPS) is 15.8. The van der Waals surface area contributed by atoms with Gasteiger partial charge in [0.1, 0.15) is 11.7 Å². The molecule has 8 heteroatoms. The lowest BCUT2D eigenvalue weighted by Crippen LogP contribution is -2.56. The summed E-state index contributed by atoms with van der Waals surface area (Å²) in [6.07, 6.45) is 2.54. The van der Waals surface area contributed by atoms with Gasteiger partial charge in [0.25, 0.3) is 11.8 Å². The van der Waals surface area contributed by atoms with Crippen molar-refractivity contribution in [2.45, 2.75) is 39.3 Å². The van der Waals surface area contributed by atoms with E-state index in [4.69, 9.17) is 0 Å². The average Bonchev–Trinajstić information content (AvgIpc) is 3.02. The molecule has 1 atom stereocenters. The third-order valence-electron chi connectivity index (χ3n) is 4.96. The highest BCUT2D eigenvalue weighted by atomic mass is 79.9. The Morgan fingerprint density at radius 1 is 1.17 bits per heavy atom. The van der Waals surface area contributed by atoms with E-state index < -0.39 is 17.9 Å². The zero-order valence-corrected chi connectivity index (χ0v) is 18.3. The van der Waals surface area contributed by atoms with Gasteiger partial charge in [0.05, 0.1) is 0 Å². The van der Waals surface area contributed by atoms with Gasteiger partial charge in [0, 0.05) is 37.1 Å². The summed E-state index contributed by atoms with van der Waals surface area (Å²) in [5.41, 5.74) is 7.44. The molecule has 7 nitrogen and oxygen atoms in total. The van der Waals surface area contributed by atoms with Crippen molar-refractivity contribution in [1.29, 1.82) is 0 Å². The van der Waals surface area contributed by atoms with E-state index in [9.17, 15) is 14.4 Å². The Kier molecular flexibility index (Phi) is 6.42. The minimum Gasteiger partial charge on any atom is -0.345 e. The number of nitrogens with one attached hydrogen (secondary N) is 2. The van der Waals surface area contributed by atoms with Gasteiger partial charge in [-0.15, -0.1) is 0 Å². The first-order valence-corrected chi connectivity index (χ1v) is 10.3. The van der Waals surface area contributed by atoms with Crippen LogP contribution in [-0.4, -0.2) is 33.2 Å². The van der Waals surface area contributed by atoms with Crippen molar-refractivity contribution in [3.8, 4) is 0 Å². The number of halogens is 1. The largest absolute Gasteiger partial charge is 0.345 e. The fraction of sp³-hybridized carbons (Fsp3) is 0.381. The summed E-state index contributed by atoms with van der Waals surface area (Å²) in [4.78, 5) is 39.7. The van der Waals surface area contributed by atoms with Gasteiger partial charge in [-0.25, -0.2) is 0 Å². The molecule has 154 valence electrons. The summed E-state index contributed by atoms with van der Waals surface area (Å²) in [5.74, 6) is -0.702. The highest BCUT2D eigenvalue weighted by Crippen LogP contribution is 2.25. The van der Waals surface area contributed by atoms with Gasteiger partial charge in [-0.2, -0.15) is 0 Å². The van der Waals surface area contributed by atoms with Crippen LogP contribution in [0.5, 0.6) is 0 Å². The van der Waals surface area contributed by atoms with Crippen LogP contribution in [0.15, 0.2) is 41.0 Å². The second kappa shape index (κ2) is 8.82. The summed E-state index contributed by atoms with van der Waals surface area (Å²) in [5, 5.41) is 0. The smallest absolute Gasteiger partial charge is 0.286 e. The van der Waals surface area contributed by atoms with Crippen molar-refractivity contribution >= 4 is 33.7 Å². The quantitative estimate of drug-likeness (QED) is 0.687. The number of amides is 3. The lowest BCUT2D eigenvalue weighted by molar-refractivity contribution is -0.142. The number of hydrogen-bond acceptors (Lipinski definition) is 3. The van der Waals surface area contributed by atoms with Crippen molar-refractivity contribution in [3.05, 3.63) is 57.8 Å². The van der Waals surface area contributed by atoms with E-state index in [0.29, 0.717) is 25.1 Å². The number of aromatic nitrogens is 1. The molecule has 0 saturated carbocycles. The highest BCUT2D eigenvalue weighted by Gasteiger charge is 2.34. The maximum absolute atomic E-state index is 12.9. The number of benzene rings is 1. The Hall–Kier alpha value is -2.61. The predicted octanol–water partition coefficient (Wildman–Crippen LogP) is 2.55. The van der Waals surface area contributed by atoms with Gasteiger partial charge in [-0.05, 0) is 39.0 Å². The van der Waals surface area contributed by atoms with Crippen molar-refractivity contribution in [2.24, 2.45) is 13.0 Å². The molecule has 1 aliphatic rings. The van der Waals surface area contributed by atoms with Gasteiger partial charge in [0.15, 0.2) is 0 Å². The van der Waals surface area contributed by atoms with Gasteiger partial charge in [-0.1, -0.05) is 38.1 Å². The molecular formula is C21H25BrN4O3. The monoisotopic (exact) mass is 460 g/mol. The number of carbonyl (C=O) groups is 3. The third kappa shape index (κ3) is 4.87. The minimum atomic E-state index is -0.670. The maximum Gasteiger partial charge on any atom is 0.286 e. The van der Waals surface area contributed by atoms with Crippen molar-refractivity contribution in [2.75, 3.05) is 0 Å². The van der Waals surface area contributed by atoms with Crippen LogP contribution in [0.3, 0.4) is 0 Å². The van der Waals surface area contributed by atoms with Crippen LogP contribution >= 0.6 is 15.9 Å². The van der Waals surface area contributed by atoms with E-state index in [0.717, 1.165) is 15.6 Å². The fourth-order valence-corrected chi connectivity index (χ4v) is 4.03. The molecule has 0 spiro atoms. The number of carbonyl (C=O) groups excluding carboxylic acids is 3. The Morgan fingerprint density at radius 3 is 2.48 bits per heavy atom. The zero-order valence-electron chi connectivity index (χ0n) is 16.7. The van der Waals surface area contributed by atoms with E-state index in [2.05, 4.69) is 26.8 Å². The summed E-state index contributed by atoms with van der Waals surface area (Å²) in [6.45, 7) is 4.34. The molecule has 2 heterocycles. The first-order chi connectivity index (χ1) is 13.8. The van der Waals surface area contributed by atoms with E-state index in [1.165, 1.54) is 0 Å². The van der Waals surface area contributed by atoms with Crippen LogP contribution in [0.1, 0.15) is 41.9 Å². The van der Waals surface area contributed by atoms with E-state index >= 15 is 0 Å². The predicted molar refractivity (Wildman–Crippen MR) is 113 cm³/mol. The molecule has 1 aromatic carbocycles. The Labute approximate surface area is 178 Å². The highest BCUT2D eigenvalue weighted by molar-refractivity contribution is 9.10. The molecule has 3 amide bonds. The second-order valence-corrected chi connectivity index (χ2v) is 8.62. The summed E-state index contributed by atoms with van der Waals surface area (Å²) in [6, 6.07) is 8.80. The molecule has 0 fully saturated rings. The van der Waals surface area contributed by atoms with E-state index in [-0.39, 0.29) is 11.8 Å². The summed E-state index contributed by atoms with van der Waals surface area (Å²) < 4.78 is 2.42. The van der Waals surface area contributed by atoms with E-state index in [1.807, 2.05) is 38.1 Å². The summed E-state index contributed by atoms with van der Waals surface area (Å²) >= 11 is 3.32. The number of fused-ring (bicyclic) bond motifs is 1. The molecule has 2 N–H and O–H groups in total. The van der Waals surface area contributed by atoms with Gasteiger partial charge in [0.2, 0.25) is 5.91 Å². The first-order valence-electron chi connectivity index (χ1n) is 9.54. The Morgan fingerprint density at radius 2 is 1.86 bits per heavy atom. The molecule has 29 heavy (non-hydrogen) atoms. The SMILES string of the molecule is CC(C)CC(=O)N1Cc2ccccc2CC1C(=O)NNC(=O)c1cc(Br)cn1C. The number of rotatable bonds is 4. The Bertz CT molecular complexity index is 938. The molecule has 1 aliphatic heterocycles. The van der Waals surface area contributed by atoms with E-state index in [1.54, 1.807) is 28.8 Å². The van der Waals surface area contributed by atoms with Crippen LogP contribution in [0.4, 0.5) is 0 Å². The van der Waals surface area contributed by atoms with Gasteiger partial charge in [-0.3, -0.25) is 25.2 Å². The molecule has 0 aliphatic carbocycles. The van der Waals surface area contributed by atoms with Crippen molar-refractivity contribution in [1.82, 2.24) is 20.3 Å². The Balaban J connectivity index is 1.74. The number of hydrazine groups is 1. The molecule has 3 rings (SSSR count). The number of aryl methyl sites for hydroxylation is 1. The lowest BCUT2D eigenvalue weighted by atomic mass is 9.92. The summed E-state index contributed by atoms with van der Waals surface area (Å²) in [7, 11) is 1.74. The van der Waals surface area contributed by atoms with Crippen LogP contribution in [0, 0.1) is 5.92 Å². The number of nitrogens with zero attached hydrogens (tertiary/aromatic N) is 2. The minimum absolute atomic E-state index is 0.0626. The third-order valence-corrected chi connectivity index (χ3v) is 5.39. The molecule has 2 aromatic rings. The van der Waals surface area contributed by atoms with Crippen molar-refractivity contribution < 1.29 is 14.4 Å². The van der Waals surface area contributed by atoms with Crippen LogP contribution in [0.2, 0.25) is 0 Å². The topological polar surface area (TPSA) is 83.4 Å². The molecule has 1 aromatic heterocycles. The fourth-order valence-electron chi connectivity index (χ4n) is 3.50. The molecule has 1 unspecified atom stereocenters. The molecule has 0 bridgehead atoms. The molecular weight excluding hydrogens is 436 g/mol. The van der Waals surface area contributed by atoms with Crippen LogP contribution in [-0.2, 0) is 29.6 Å². The molecule has 0 saturated heterocycles. The first kappa shape index (κ1) is 21.1. The molecule has 0 radical (unpaired) electrons. The zero-order chi connectivity index (χ0) is 21.1. The van der Waals surface area contributed by atoms with Crippen LogP contribution < -0.4 is 10.9 Å². The average molecular weight is 461 g/mol.